The average molecular weight is 461 g/mol. The van der Waals surface area contributed by atoms with Gasteiger partial charge in [-0.3, -0.25) is 19.5 Å². The number of aromatic nitrogens is 2. The monoisotopic (exact) mass is 460 g/mol. The van der Waals surface area contributed by atoms with E-state index in [0.29, 0.717) is 16.1 Å². The molecule has 0 saturated heterocycles. The van der Waals surface area contributed by atoms with Crippen molar-refractivity contribution >= 4 is 50.5 Å². The second-order valence-corrected chi connectivity index (χ2v) is 7.88. The van der Waals surface area contributed by atoms with Crippen molar-refractivity contribution in [2.75, 3.05) is 5.75 Å². The van der Waals surface area contributed by atoms with Crippen LogP contribution in [0.5, 0.6) is 0 Å². The summed E-state index contributed by atoms with van der Waals surface area (Å²) in [4.78, 5) is 40.5. The molecule has 3 N–H and O–H groups in total. The van der Waals surface area contributed by atoms with Crippen LogP contribution >= 0.6 is 27.7 Å². The first-order valence-electron chi connectivity index (χ1n) is 8.35. The minimum atomic E-state index is -0.919. The van der Waals surface area contributed by atoms with Crippen LogP contribution in [-0.2, 0) is 4.79 Å². The normalized spacial score (nSPS) is 11.9. The summed E-state index contributed by atoms with van der Waals surface area (Å²) in [5.41, 5.74) is 6.23. The number of amides is 3. The zero-order valence-electron chi connectivity index (χ0n) is 14.9. The van der Waals surface area contributed by atoms with Crippen LogP contribution in [0, 0.1) is 0 Å². The van der Waals surface area contributed by atoms with Crippen molar-refractivity contribution in [2.45, 2.75) is 18.1 Å². The lowest BCUT2D eigenvalue weighted by atomic mass is 10.1. The molecule has 0 radical (unpaired) electrons. The second-order valence-electron chi connectivity index (χ2n) is 6.02. The van der Waals surface area contributed by atoms with Gasteiger partial charge in [-0.25, -0.2) is 9.78 Å². The molecule has 1 atom stereocenters. The number of nitrogens with zero attached hydrogens (tertiary/aromatic N) is 2. The fourth-order valence-corrected chi connectivity index (χ4v) is 4.01. The van der Waals surface area contributed by atoms with Gasteiger partial charge < -0.3 is 5.73 Å². The van der Waals surface area contributed by atoms with Crippen LogP contribution in [0.3, 0.4) is 0 Å². The Labute approximate surface area is 173 Å². The van der Waals surface area contributed by atoms with Crippen molar-refractivity contribution in [3.63, 3.8) is 0 Å². The number of imide groups is 1. The highest BCUT2D eigenvalue weighted by Crippen LogP contribution is 2.25. The number of nitrogens with one attached hydrogen (secondary N) is 1. The van der Waals surface area contributed by atoms with Gasteiger partial charge in [0.05, 0.1) is 22.7 Å². The lowest BCUT2D eigenvalue weighted by Crippen LogP contribution is -2.36. The van der Waals surface area contributed by atoms with E-state index in [1.807, 2.05) is 42.6 Å². The van der Waals surface area contributed by atoms with E-state index in [1.54, 1.807) is 22.8 Å². The molecule has 9 heteroatoms. The Kier molecular flexibility index (Phi) is 6.15. The Bertz CT molecular complexity index is 1100. The SMILES string of the molecule is CC(c1ccccc1)n1c(SCC(=O)NC(N)=O)nc2ccc(Br)cc2c1=O. The summed E-state index contributed by atoms with van der Waals surface area (Å²) in [5, 5.41) is 2.87. The summed E-state index contributed by atoms with van der Waals surface area (Å²) in [6, 6.07) is 13.6. The number of carbonyl (C=O) groups excluding carboxylic acids is 2. The molecule has 2 aromatic carbocycles. The minimum absolute atomic E-state index is 0.0983. The van der Waals surface area contributed by atoms with Crippen LogP contribution in [0.4, 0.5) is 4.79 Å². The number of nitrogens with two attached hydrogens (primary N) is 1. The average Bonchev–Trinajstić information content (AvgIpc) is 2.67. The molecule has 0 saturated carbocycles. The standard InChI is InChI=1S/C19H17BrN4O3S/c1-11(12-5-3-2-4-6-12)24-17(26)14-9-13(20)7-8-15(14)22-19(24)28-10-16(25)23-18(21)27/h2-9,11H,10H2,1H3,(H3,21,23,25,27). The van der Waals surface area contributed by atoms with Gasteiger partial charge in [-0.15, -0.1) is 0 Å². The van der Waals surface area contributed by atoms with E-state index in [1.165, 1.54) is 0 Å². The van der Waals surface area contributed by atoms with Crippen LogP contribution in [0.1, 0.15) is 18.5 Å². The number of hydrogen-bond donors (Lipinski definition) is 2. The molecule has 0 fully saturated rings. The minimum Gasteiger partial charge on any atom is -0.351 e. The fraction of sp³-hybridized carbons (Fsp3) is 0.158. The summed E-state index contributed by atoms with van der Waals surface area (Å²) in [6.45, 7) is 1.90. The first-order chi connectivity index (χ1) is 13.4. The molecular formula is C19H17BrN4O3S. The largest absolute Gasteiger partial charge is 0.351 e. The Hall–Kier alpha value is -2.65. The van der Waals surface area contributed by atoms with Gasteiger partial charge in [0.15, 0.2) is 5.16 Å². The third kappa shape index (κ3) is 4.42. The van der Waals surface area contributed by atoms with Crippen LogP contribution in [-0.4, -0.2) is 27.2 Å². The summed E-state index contributed by atoms with van der Waals surface area (Å²) in [6.07, 6.45) is 0. The van der Waals surface area contributed by atoms with Gasteiger partial charge in [-0.1, -0.05) is 58.0 Å². The van der Waals surface area contributed by atoms with E-state index in [9.17, 15) is 14.4 Å². The van der Waals surface area contributed by atoms with Gasteiger partial charge in [0, 0.05) is 4.47 Å². The van der Waals surface area contributed by atoms with Crippen molar-refractivity contribution < 1.29 is 9.59 Å². The lowest BCUT2D eigenvalue weighted by Gasteiger charge is -2.20. The fourth-order valence-electron chi connectivity index (χ4n) is 2.78. The Balaban J connectivity index is 2.09. The molecule has 0 bridgehead atoms. The zero-order valence-corrected chi connectivity index (χ0v) is 17.3. The first-order valence-corrected chi connectivity index (χ1v) is 10.1. The summed E-state index contributed by atoms with van der Waals surface area (Å²) >= 11 is 4.46. The first kappa shape index (κ1) is 20.1. The van der Waals surface area contributed by atoms with Gasteiger partial charge in [-0.05, 0) is 30.7 Å². The molecule has 0 aliphatic rings. The van der Waals surface area contributed by atoms with Crippen molar-refractivity contribution in [3.05, 3.63) is 68.9 Å². The summed E-state index contributed by atoms with van der Waals surface area (Å²) in [5.74, 6) is -0.652. The molecular weight excluding hydrogens is 444 g/mol. The number of hydrogen-bond acceptors (Lipinski definition) is 5. The van der Waals surface area contributed by atoms with Gasteiger partial charge in [0.25, 0.3) is 5.56 Å². The highest BCUT2D eigenvalue weighted by molar-refractivity contribution is 9.10. The number of thioether (sulfide) groups is 1. The predicted molar refractivity (Wildman–Crippen MR) is 112 cm³/mol. The number of rotatable bonds is 5. The van der Waals surface area contributed by atoms with E-state index in [4.69, 9.17) is 5.73 Å². The molecule has 0 aliphatic heterocycles. The third-order valence-corrected chi connectivity index (χ3v) is 5.54. The number of benzene rings is 2. The van der Waals surface area contributed by atoms with E-state index >= 15 is 0 Å². The maximum Gasteiger partial charge on any atom is 0.318 e. The van der Waals surface area contributed by atoms with Crippen LogP contribution in [0.25, 0.3) is 10.9 Å². The highest BCUT2D eigenvalue weighted by atomic mass is 79.9. The smallest absolute Gasteiger partial charge is 0.318 e. The van der Waals surface area contributed by atoms with Crippen LogP contribution in [0.2, 0.25) is 0 Å². The number of carbonyl (C=O) groups is 2. The number of primary amides is 1. The topological polar surface area (TPSA) is 107 Å². The van der Waals surface area contributed by atoms with Crippen molar-refractivity contribution in [1.29, 1.82) is 0 Å². The molecule has 3 rings (SSSR count). The van der Waals surface area contributed by atoms with E-state index in [0.717, 1.165) is 21.8 Å². The van der Waals surface area contributed by atoms with Crippen molar-refractivity contribution in [3.8, 4) is 0 Å². The molecule has 0 aliphatic carbocycles. The van der Waals surface area contributed by atoms with Crippen molar-refractivity contribution in [1.82, 2.24) is 14.9 Å². The maximum absolute atomic E-state index is 13.3. The third-order valence-electron chi connectivity index (χ3n) is 4.09. The van der Waals surface area contributed by atoms with Crippen molar-refractivity contribution in [2.24, 2.45) is 5.73 Å². The van der Waals surface area contributed by atoms with E-state index in [2.05, 4.69) is 20.9 Å². The highest BCUT2D eigenvalue weighted by Gasteiger charge is 2.19. The Morgan fingerprint density at radius 2 is 1.96 bits per heavy atom. The molecule has 1 heterocycles. The maximum atomic E-state index is 13.3. The second kappa shape index (κ2) is 8.57. The molecule has 3 amide bonds. The molecule has 0 spiro atoms. The zero-order chi connectivity index (χ0) is 20.3. The number of urea groups is 1. The Morgan fingerprint density at radius 3 is 2.64 bits per heavy atom. The summed E-state index contributed by atoms with van der Waals surface area (Å²) in [7, 11) is 0. The van der Waals surface area contributed by atoms with Crippen LogP contribution < -0.4 is 16.6 Å². The molecule has 28 heavy (non-hydrogen) atoms. The van der Waals surface area contributed by atoms with E-state index in [-0.39, 0.29) is 17.4 Å². The summed E-state index contributed by atoms with van der Waals surface area (Å²) < 4.78 is 2.34. The van der Waals surface area contributed by atoms with Crippen LogP contribution in [0.15, 0.2) is 63.0 Å². The van der Waals surface area contributed by atoms with Gasteiger partial charge >= 0.3 is 6.03 Å². The Morgan fingerprint density at radius 1 is 1.25 bits per heavy atom. The molecule has 1 unspecified atom stereocenters. The quantitative estimate of drug-likeness (QED) is 0.449. The van der Waals surface area contributed by atoms with Gasteiger partial charge in [-0.2, -0.15) is 0 Å². The predicted octanol–water partition coefficient (Wildman–Crippen LogP) is 3.06. The number of fused-ring (bicyclic) bond motifs is 1. The van der Waals surface area contributed by atoms with E-state index < -0.39 is 11.9 Å². The molecule has 1 aromatic heterocycles. The lowest BCUT2D eigenvalue weighted by molar-refractivity contribution is -0.117. The molecule has 144 valence electrons. The van der Waals surface area contributed by atoms with Gasteiger partial charge in [0.1, 0.15) is 0 Å². The molecule has 3 aromatic rings. The molecule has 7 nitrogen and oxygen atoms in total. The van der Waals surface area contributed by atoms with Gasteiger partial charge in [0.2, 0.25) is 5.91 Å². The number of halogens is 1.